The Balaban J connectivity index is 1.65. The van der Waals surface area contributed by atoms with Crippen molar-refractivity contribution in [1.82, 2.24) is 14.7 Å². The summed E-state index contributed by atoms with van der Waals surface area (Å²) in [6.07, 6.45) is 5.30. The van der Waals surface area contributed by atoms with Gasteiger partial charge >= 0.3 is 0 Å². The summed E-state index contributed by atoms with van der Waals surface area (Å²) < 4.78 is 8.41. The zero-order valence-corrected chi connectivity index (χ0v) is 20.2. The van der Waals surface area contributed by atoms with Crippen LogP contribution < -0.4 is 4.74 Å². The van der Waals surface area contributed by atoms with Gasteiger partial charge in [-0.1, -0.05) is 50.1 Å². The second-order valence-electron chi connectivity index (χ2n) is 9.47. The summed E-state index contributed by atoms with van der Waals surface area (Å²) in [5, 5.41) is 15.5. The van der Waals surface area contributed by atoms with Crippen molar-refractivity contribution >= 4 is 0 Å². The van der Waals surface area contributed by atoms with E-state index in [4.69, 9.17) is 9.84 Å². The third kappa shape index (κ3) is 6.46. The zero-order chi connectivity index (χ0) is 23.2. The maximum Gasteiger partial charge on any atom is 0.227 e. The fourth-order valence-electron chi connectivity index (χ4n) is 4.28. The fraction of sp³-hybridized carbons (Fsp3) is 0.464. The minimum Gasteiger partial charge on any atom is -0.439 e. The largest absolute Gasteiger partial charge is 0.439 e. The van der Waals surface area contributed by atoms with Crippen molar-refractivity contribution in [1.29, 1.82) is 0 Å². The predicted molar refractivity (Wildman–Crippen MR) is 133 cm³/mol. The highest BCUT2D eigenvalue weighted by molar-refractivity contribution is 5.43. The van der Waals surface area contributed by atoms with Gasteiger partial charge in [0.05, 0.1) is 23.0 Å². The lowest BCUT2D eigenvalue weighted by molar-refractivity contribution is 0.0965. The van der Waals surface area contributed by atoms with Gasteiger partial charge < -0.3 is 9.84 Å². The molecule has 1 aliphatic rings. The average molecular weight is 448 g/mol. The van der Waals surface area contributed by atoms with Crippen molar-refractivity contribution < 1.29 is 9.84 Å². The number of aryl methyl sites for hydroxylation is 2. The lowest BCUT2D eigenvalue weighted by Crippen LogP contribution is -2.34. The van der Waals surface area contributed by atoms with Gasteiger partial charge in [0, 0.05) is 19.6 Å². The molecule has 3 aromatic rings. The molecular formula is C28H37N3O2. The minimum atomic E-state index is -0.297. The molecule has 1 N–H and O–H groups in total. The molecule has 5 heteroatoms. The van der Waals surface area contributed by atoms with Crippen LogP contribution >= 0.6 is 0 Å². The van der Waals surface area contributed by atoms with Crippen molar-refractivity contribution in [3.8, 4) is 17.3 Å². The summed E-state index contributed by atoms with van der Waals surface area (Å²) in [6.45, 7) is 8.73. The molecule has 176 valence electrons. The van der Waals surface area contributed by atoms with E-state index >= 15 is 0 Å². The van der Waals surface area contributed by atoms with Gasteiger partial charge in [0.2, 0.25) is 5.88 Å². The van der Waals surface area contributed by atoms with E-state index < -0.39 is 0 Å². The highest BCUT2D eigenvalue weighted by Crippen LogP contribution is 2.34. The number of ether oxygens (including phenoxy) is 1. The second kappa shape index (κ2) is 11.0. The van der Waals surface area contributed by atoms with Gasteiger partial charge in [-0.25, -0.2) is 4.68 Å². The first kappa shape index (κ1) is 23.5. The number of aliphatic hydroxyl groups excluding tert-OH is 1. The molecular weight excluding hydrogens is 410 g/mol. The highest BCUT2D eigenvalue weighted by Gasteiger charge is 2.28. The summed E-state index contributed by atoms with van der Waals surface area (Å²) in [6, 6.07) is 18.3. The first-order valence-corrected chi connectivity index (χ1v) is 12.3. The van der Waals surface area contributed by atoms with Crippen LogP contribution in [0.3, 0.4) is 0 Å². The molecule has 1 heterocycles. The van der Waals surface area contributed by atoms with Gasteiger partial charge in [0.1, 0.15) is 5.75 Å². The van der Waals surface area contributed by atoms with E-state index in [1.165, 1.54) is 12.8 Å². The van der Waals surface area contributed by atoms with Crippen LogP contribution in [-0.4, -0.2) is 39.0 Å². The van der Waals surface area contributed by atoms with E-state index in [-0.39, 0.29) is 6.10 Å². The van der Waals surface area contributed by atoms with Crippen LogP contribution in [0.5, 0.6) is 11.6 Å². The molecule has 0 aliphatic heterocycles. The molecule has 1 aliphatic carbocycles. The maximum absolute atomic E-state index is 10.7. The molecule has 0 unspecified atom stereocenters. The van der Waals surface area contributed by atoms with Crippen LogP contribution in [0.15, 0.2) is 54.6 Å². The Morgan fingerprint density at radius 3 is 2.61 bits per heavy atom. The van der Waals surface area contributed by atoms with Crippen molar-refractivity contribution in [2.75, 3.05) is 13.1 Å². The minimum absolute atomic E-state index is 0.297. The van der Waals surface area contributed by atoms with Crippen molar-refractivity contribution in [3.63, 3.8) is 0 Å². The van der Waals surface area contributed by atoms with E-state index in [0.29, 0.717) is 6.54 Å². The smallest absolute Gasteiger partial charge is 0.227 e. The Morgan fingerprint density at radius 2 is 1.91 bits per heavy atom. The molecule has 0 spiro atoms. The number of hydrogen-bond acceptors (Lipinski definition) is 4. The van der Waals surface area contributed by atoms with Crippen molar-refractivity contribution in [2.45, 2.75) is 65.5 Å². The molecule has 1 aromatic heterocycles. The van der Waals surface area contributed by atoms with Gasteiger partial charge in [-0.3, -0.25) is 4.90 Å². The Labute approximate surface area is 198 Å². The van der Waals surface area contributed by atoms with Crippen LogP contribution in [0.2, 0.25) is 0 Å². The molecule has 1 saturated carbocycles. The molecule has 2 aromatic carbocycles. The third-order valence-electron chi connectivity index (χ3n) is 6.30. The zero-order valence-electron chi connectivity index (χ0n) is 20.2. The summed E-state index contributed by atoms with van der Waals surface area (Å²) >= 11 is 0. The standard InChI is InChI=1S/C28H37N3O2/c1-4-5-13-25(32)19-30(18-23-15-16-23)20-27-22(3)29-31(24-11-7-6-8-12-24)28(27)33-26-14-9-10-21(2)17-26/h6-12,14,17,23,25,32H,4-5,13,15-16,18-20H2,1-3H3/t25-/m1/s1. The van der Waals surface area contributed by atoms with E-state index in [0.717, 1.165) is 72.4 Å². The number of benzene rings is 2. The van der Waals surface area contributed by atoms with E-state index in [1.54, 1.807) is 0 Å². The number of nitrogens with zero attached hydrogens (tertiary/aromatic N) is 3. The monoisotopic (exact) mass is 447 g/mol. The van der Waals surface area contributed by atoms with E-state index in [9.17, 15) is 5.11 Å². The number of aliphatic hydroxyl groups is 1. The molecule has 5 nitrogen and oxygen atoms in total. The lowest BCUT2D eigenvalue weighted by atomic mass is 10.1. The first-order valence-electron chi connectivity index (χ1n) is 12.3. The molecule has 0 amide bonds. The van der Waals surface area contributed by atoms with Crippen molar-refractivity contribution in [3.05, 3.63) is 71.4 Å². The molecule has 0 saturated heterocycles. The summed E-state index contributed by atoms with van der Waals surface area (Å²) in [5.74, 6) is 2.31. The molecule has 33 heavy (non-hydrogen) atoms. The predicted octanol–water partition coefficient (Wildman–Crippen LogP) is 6.04. The second-order valence-corrected chi connectivity index (χ2v) is 9.47. The molecule has 1 fully saturated rings. The Kier molecular flexibility index (Phi) is 7.84. The maximum atomic E-state index is 10.7. The van der Waals surface area contributed by atoms with Gasteiger partial charge in [-0.2, -0.15) is 5.10 Å². The highest BCUT2D eigenvalue weighted by atomic mass is 16.5. The van der Waals surface area contributed by atoms with Crippen molar-refractivity contribution in [2.24, 2.45) is 5.92 Å². The van der Waals surface area contributed by atoms with Gasteiger partial charge in [0.25, 0.3) is 0 Å². The van der Waals surface area contributed by atoms with Gasteiger partial charge in [-0.15, -0.1) is 0 Å². The Hall–Kier alpha value is -2.63. The van der Waals surface area contributed by atoms with Gasteiger partial charge in [0.15, 0.2) is 0 Å². The number of hydrogen-bond donors (Lipinski definition) is 1. The van der Waals surface area contributed by atoms with Crippen LogP contribution in [-0.2, 0) is 6.54 Å². The molecule has 1 atom stereocenters. The van der Waals surface area contributed by atoms with E-state index in [1.807, 2.05) is 35.0 Å². The topological polar surface area (TPSA) is 50.5 Å². The number of para-hydroxylation sites is 1. The fourth-order valence-corrected chi connectivity index (χ4v) is 4.28. The lowest BCUT2D eigenvalue weighted by Gasteiger charge is -2.25. The third-order valence-corrected chi connectivity index (χ3v) is 6.30. The van der Waals surface area contributed by atoms with Crippen LogP contribution in [0.4, 0.5) is 0 Å². The summed E-state index contributed by atoms with van der Waals surface area (Å²) in [5.41, 5.74) is 4.19. The number of aromatic nitrogens is 2. The van der Waals surface area contributed by atoms with Crippen LogP contribution in [0.1, 0.15) is 55.8 Å². The quantitative estimate of drug-likeness (QED) is 0.367. The normalized spacial score (nSPS) is 14.6. The Morgan fingerprint density at radius 1 is 1.12 bits per heavy atom. The summed E-state index contributed by atoms with van der Waals surface area (Å²) in [7, 11) is 0. The molecule has 4 rings (SSSR count). The van der Waals surface area contributed by atoms with Gasteiger partial charge in [-0.05, 0) is 68.9 Å². The first-order chi connectivity index (χ1) is 16.0. The van der Waals surface area contributed by atoms with Crippen LogP contribution in [0, 0.1) is 19.8 Å². The summed E-state index contributed by atoms with van der Waals surface area (Å²) in [4.78, 5) is 2.40. The number of rotatable bonds is 12. The number of unbranched alkanes of at least 4 members (excludes halogenated alkanes) is 1. The molecule has 0 bridgehead atoms. The SMILES string of the molecule is CCCC[C@@H](O)CN(Cc1c(C)nn(-c2ccccc2)c1Oc1cccc(C)c1)CC1CC1. The van der Waals surface area contributed by atoms with E-state index in [2.05, 4.69) is 49.9 Å². The van der Waals surface area contributed by atoms with Crippen LogP contribution in [0.25, 0.3) is 5.69 Å². The molecule has 0 radical (unpaired) electrons. The average Bonchev–Trinajstić information content (AvgIpc) is 3.57. The Bertz CT molecular complexity index is 1030.